The molecule has 0 aliphatic heterocycles. The molecule has 53 valence electrons. The maximum atomic E-state index is 3.94. The minimum Gasteiger partial charge on any atom is -0.302 e. The molecule has 0 unspecified atom stereocenters. The molecular formula is C8H16N. The fourth-order valence-corrected chi connectivity index (χ4v) is 1.07. The molecule has 1 fully saturated rings. The second-order valence-electron chi connectivity index (χ2n) is 3.02. The molecule has 0 spiro atoms. The Hall–Kier alpha value is -0.0400. The van der Waals surface area contributed by atoms with Crippen LogP contribution >= 0.6 is 0 Å². The summed E-state index contributed by atoms with van der Waals surface area (Å²) in [4.78, 5) is 2.19. The molecule has 1 nitrogen and oxygen atoms in total. The van der Waals surface area contributed by atoms with Crippen molar-refractivity contribution in [3.8, 4) is 0 Å². The standard InChI is InChI=1S/C8H16N/c1-3-6-9(2)7-8-4-5-8/h8H,2-7H2,1H3. The van der Waals surface area contributed by atoms with Gasteiger partial charge >= 0.3 is 0 Å². The van der Waals surface area contributed by atoms with E-state index in [4.69, 9.17) is 0 Å². The first-order valence-electron chi connectivity index (χ1n) is 3.88. The number of hydrogen-bond donors (Lipinski definition) is 0. The fourth-order valence-electron chi connectivity index (χ4n) is 1.07. The highest BCUT2D eigenvalue weighted by Crippen LogP contribution is 2.29. The normalized spacial score (nSPS) is 19.0. The maximum Gasteiger partial charge on any atom is 0.0109 e. The van der Waals surface area contributed by atoms with E-state index in [1.54, 1.807) is 0 Å². The summed E-state index contributed by atoms with van der Waals surface area (Å²) in [6.45, 7) is 4.59. The van der Waals surface area contributed by atoms with Gasteiger partial charge in [0.05, 0.1) is 0 Å². The summed E-state index contributed by atoms with van der Waals surface area (Å²) in [7, 11) is 3.94. The molecule has 1 rings (SSSR count). The summed E-state index contributed by atoms with van der Waals surface area (Å²) in [5, 5.41) is 0. The van der Waals surface area contributed by atoms with Crippen molar-refractivity contribution in [2.75, 3.05) is 13.1 Å². The van der Waals surface area contributed by atoms with Crippen molar-refractivity contribution in [3.05, 3.63) is 7.05 Å². The van der Waals surface area contributed by atoms with Crippen molar-refractivity contribution in [1.29, 1.82) is 0 Å². The SMILES string of the molecule is [CH2]N(CCC)CC1CC1. The summed E-state index contributed by atoms with van der Waals surface area (Å²) in [5.74, 6) is 0.994. The lowest BCUT2D eigenvalue weighted by molar-refractivity contribution is 0.354. The zero-order valence-corrected chi connectivity index (χ0v) is 6.27. The molecule has 0 N–H and O–H groups in total. The lowest BCUT2D eigenvalue weighted by Gasteiger charge is -2.13. The summed E-state index contributed by atoms with van der Waals surface area (Å²) < 4.78 is 0. The first kappa shape index (κ1) is 7.07. The lowest BCUT2D eigenvalue weighted by Crippen LogP contribution is -2.18. The first-order chi connectivity index (χ1) is 4.33. The van der Waals surface area contributed by atoms with Gasteiger partial charge < -0.3 is 4.90 Å². The molecule has 9 heavy (non-hydrogen) atoms. The first-order valence-corrected chi connectivity index (χ1v) is 3.88. The summed E-state index contributed by atoms with van der Waals surface area (Å²) >= 11 is 0. The topological polar surface area (TPSA) is 3.24 Å². The maximum absolute atomic E-state index is 3.94. The van der Waals surface area contributed by atoms with Gasteiger partial charge in [-0.1, -0.05) is 6.92 Å². The minimum absolute atomic E-state index is 0.994. The van der Waals surface area contributed by atoms with E-state index in [0.717, 1.165) is 12.5 Å². The molecule has 1 aliphatic rings. The second kappa shape index (κ2) is 3.21. The summed E-state index contributed by atoms with van der Waals surface area (Å²) in [6, 6.07) is 0. The van der Waals surface area contributed by atoms with Gasteiger partial charge in [-0.3, -0.25) is 0 Å². The van der Waals surface area contributed by atoms with Crippen LogP contribution in [0.5, 0.6) is 0 Å². The third kappa shape index (κ3) is 2.85. The van der Waals surface area contributed by atoms with Crippen molar-refractivity contribution in [3.63, 3.8) is 0 Å². The Labute approximate surface area is 58.0 Å². The minimum atomic E-state index is 0.994. The molecule has 1 heteroatoms. The average Bonchev–Trinajstić information content (AvgIpc) is 2.50. The Morgan fingerprint density at radius 1 is 1.56 bits per heavy atom. The van der Waals surface area contributed by atoms with E-state index in [1.165, 1.54) is 25.8 Å². The van der Waals surface area contributed by atoms with Crippen molar-refractivity contribution < 1.29 is 0 Å². The highest BCUT2D eigenvalue weighted by Gasteiger charge is 2.22. The molecule has 1 radical (unpaired) electrons. The Bertz CT molecular complexity index is 76.6. The highest BCUT2D eigenvalue weighted by atomic mass is 15.1. The van der Waals surface area contributed by atoms with E-state index < -0.39 is 0 Å². The molecule has 0 heterocycles. The number of rotatable bonds is 4. The monoisotopic (exact) mass is 126 g/mol. The van der Waals surface area contributed by atoms with E-state index in [9.17, 15) is 0 Å². The largest absolute Gasteiger partial charge is 0.302 e. The summed E-state index contributed by atoms with van der Waals surface area (Å²) in [6.07, 6.45) is 4.11. The van der Waals surface area contributed by atoms with Crippen molar-refractivity contribution in [2.24, 2.45) is 5.92 Å². The van der Waals surface area contributed by atoms with E-state index in [0.29, 0.717) is 0 Å². The van der Waals surface area contributed by atoms with Crippen LogP contribution in [0.15, 0.2) is 0 Å². The molecule has 0 bridgehead atoms. The van der Waals surface area contributed by atoms with Crippen molar-refractivity contribution >= 4 is 0 Å². The van der Waals surface area contributed by atoms with Crippen LogP contribution in [0.1, 0.15) is 26.2 Å². The van der Waals surface area contributed by atoms with Gasteiger partial charge in [0.2, 0.25) is 0 Å². The fraction of sp³-hybridized carbons (Fsp3) is 0.875. The molecule has 1 saturated carbocycles. The van der Waals surface area contributed by atoms with E-state index >= 15 is 0 Å². The second-order valence-corrected chi connectivity index (χ2v) is 3.02. The molecule has 0 aromatic carbocycles. The van der Waals surface area contributed by atoms with Crippen molar-refractivity contribution in [1.82, 2.24) is 4.90 Å². The van der Waals surface area contributed by atoms with E-state index in [-0.39, 0.29) is 0 Å². The van der Waals surface area contributed by atoms with Gasteiger partial charge in [0.15, 0.2) is 0 Å². The highest BCUT2D eigenvalue weighted by molar-refractivity contribution is 4.76. The lowest BCUT2D eigenvalue weighted by atomic mass is 10.3. The molecule has 1 aliphatic carbocycles. The molecule has 0 atom stereocenters. The average molecular weight is 126 g/mol. The van der Waals surface area contributed by atoms with Crippen LogP contribution in [0.25, 0.3) is 0 Å². The van der Waals surface area contributed by atoms with E-state index in [1.807, 2.05) is 0 Å². The third-order valence-electron chi connectivity index (χ3n) is 1.75. The van der Waals surface area contributed by atoms with Crippen LogP contribution in [0.4, 0.5) is 0 Å². The molecule has 0 aromatic heterocycles. The number of nitrogens with zero attached hydrogens (tertiary/aromatic N) is 1. The smallest absolute Gasteiger partial charge is 0.0109 e. The molecular weight excluding hydrogens is 110 g/mol. The zero-order chi connectivity index (χ0) is 6.69. The van der Waals surface area contributed by atoms with E-state index in [2.05, 4.69) is 18.9 Å². The van der Waals surface area contributed by atoms with Crippen LogP contribution in [0.2, 0.25) is 0 Å². The zero-order valence-electron chi connectivity index (χ0n) is 6.27. The Balaban J connectivity index is 1.95. The van der Waals surface area contributed by atoms with Crippen molar-refractivity contribution in [2.45, 2.75) is 26.2 Å². The Morgan fingerprint density at radius 3 is 2.67 bits per heavy atom. The Kier molecular flexibility index (Phi) is 2.52. The van der Waals surface area contributed by atoms with Crippen LogP contribution in [0, 0.1) is 13.0 Å². The van der Waals surface area contributed by atoms with Crippen LogP contribution in [0.3, 0.4) is 0 Å². The van der Waals surface area contributed by atoms with Gasteiger partial charge in [0.25, 0.3) is 0 Å². The van der Waals surface area contributed by atoms with Gasteiger partial charge in [-0.15, -0.1) is 0 Å². The van der Waals surface area contributed by atoms with Crippen LogP contribution < -0.4 is 0 Å². The van der Waals surface area contributed by atoms with Gasteiger partial charge in [-0.25, -0.2) is 0 Å². The molecule has 0 saturated heterocycles. The predicted octanol–water partition coefficient (Wildman–Crippen LogP) is 1.90. The van der Waals surface area contributed by atoms with Gasteiger partial charge in [0.1, 0.15) is 0 Å². The van der Waals surface area contributed by atoms with Crippen LogP contribution in [-0.2, 0) is 0 Å². The van der Waals surface area contributed by atoms with Gasteiger partial charge in [-0.2, -0.15) is 0 Å². The third-order valence-corrected chi connectivity index (χ3v) is 1.75. The van der Waals surface area contributed by atoms with Gasteiger partial charge in [0, 0.05) is 13.6 Å². The molecule has 0 amide bonds. The molecule has 0 aromatic rings. The quantitative estimate of drug-likeness (QED) is 0.556. The summed E-state index contributed by atoms with van der Waals surface area (Å²) in [5.41, 5.74) is 0. The Morgan fingerprint density at radius 2 is 2.22 bits per heavy atom. The predicted molar refractivity (Wildman–Crippen MR) is 39.9 cm³/mol. The van der Waals surface area contributed by atoms with Gasteiger partial charge in [-0.05, 0) is 31.7 Å². The number of hydrogen-bond acceptors (Lipinski definition) is 1. The van der Waals surface area contributed by atoms with Crippen LogP contribution in [-0.4, -0.2) is 18.0 Å².